The molecule has 0 spiro atoms. The molecule has 0 saturated carbocycles. The highest BCUT2D eigenvalue weighted by Crippen LogP contribution is 2.18. The highest BCUT2D eigenvalue weighted by molar-refractivity contribution is 5.27. The van der Waals surface area contributed by atoms with E-state index in [9.17, 15) is 0 Å². The van der Waals surface area contributed by atoms with Crippen LogP contribution in [-0.4, -0.2) is 42.4 Å². The van der Waals surface area contributed by atoms with Gasteiger partial charge in [-0.2, -0.15) is 0 Å². The fourth-order valence-electron chi connectivity index (χ4n) is 1.98. The third-order valence-electron chi connectivity index (χ3n) is 3.73. The van der Waals surface area contributed by atoms with Crippen LogP contribution in [0, 0.1) is 0 Å². The standard InChI is InChI=1S/C16H27NO2/c1-5-19-15-8-6-14(7-9-15)10-12-17(4)16(2,3)11-13-18/h6-9,18H,5,10-13H2,1-4H3. The Morgan fingerprint density at radius 3 is 2.37 bits per heavy atom. The molecule has 108 valence electrons. The van der Waals surface area contributed by atoms with Crippen LogP contribution in [0.5, 0.6) is 5.75 Å². The molecule has 0 aliphatic rings. The van der Waals surface area contributed by atoms with Gasteiger partial charge in [-0.15, -0.1) is 0 Å². The summed E-state index contributed by atoms with van der Waals surface area (Å²) < 4.78 is 5.43. The minimum Gasteiger partial charge on any atom is -0.494 e. The molecule has 0 fully saturated rings. The zero-order valence-corrected chi connectivity index (χ0v) is 12.6. The Labute approximate surface area is 117 Å². The molecule has 0 amide bonds. The molecule has 3 nitrogen and oxygen atoms in total. The van der Waals surface area contributed by atoms with E-state index in [1.54, 1.807) is 0 Å². The van der Waals surface area contributed by atoms with Crippen molar-refractivity contribution in [3.63, 3.8) is 0 Å². The highest BCUT2D eigenvalue weighted by Gasteiger charge is 2.22. The molecule has 0 radical (unpaired) electrons. The average molecular weight is 265 g/mol. The molecule has 0 atom stereocenters. The Kier molecular flexibility index (Phi) is 6.32. The Bertz CT molecular complexity index is 360. The molecule has 3 heteroatoms. The molecule has 1 aromatic rings. The highest BCUT2D eigenvalue weighted by atomic mass is 16.5. The van der Waals surface area contributed by atoms with Gasteiger partial charge in [0.25, 0.3) is 0 Å². The second-order valence-electron chi connectivity index (χ2n) is 5.53. The van der Waals surface area contributed by atoms with E-state index in [-0.39, 0.29) is 12.1 Å². The van der Waals surface area contributed by atoms with Crippen LogP contribution in [0.4, 0.5) is 0 Å². The van der Waals surface area contributed by atoms with Crippen LogP contribution in [-0.2, 0) is 6.42 Å². The first-order valence-electron chi connectivity index (χ1n) is 7.03. The zero-order valence-electron chi connectivity index (χ0n) is 12.6. The number of benzene rings is 1. The van der Waals surface area contributed by atoms with Crippen LogP contribution in [0.1, 0.15) is 32.8 Å². The number of aliphatic hydroxyl groups is 1. The van der Waals surface area contributed by atoms with Crippen molar-refractivity contribution in [3.05, 3.63) is 29.8 Å². The molecule has 1 aromatic carbocycles. The average Bonchev–Trinajstić information content (AvgIpc) is 2.38. The lowest BCUT2D eigenvalue weighted by Crippen LogP contribution is -2.42. The minimum atomic E-state index is 0.0417. The van der Waals surface area contributed by atoms with Crippen molar-refractivity contribution in [2.24, 2.45) is 0 Å². The summed E-state index contributed by atoms with van der Waals surface area (Å²) in [5, 5.41) is 9.08. The van der Waals surface area contributed by atoms with Crippen LogP contribution in [0.3, 0.4) is 0 Å². The van der Waals surface area contributed by atoms with Crippen LogP contribution < -0.4 is 4.74 Å². The maximum absolute atomic E-state index is 9.08. The van der Waals surface area contributed by atoms with E-state index < -0.39 is 0 Å². The number of rotatable bonds is 8. The number of likely N-dealkylation sites (N-methyl/N-ethyl adjacent to an activating group) is 1. The van der Waals surface area contributed by atoms with E-state index in [1.807, 2.05) is 19.1 Å². The molecule has 0 aliphatic heterocycles. The van der Waals surface area contributed by atoms with Crippen molar-refractivity contribution < 1.29 is 9.84 Å². The molecule has 1 rings (SSSR count). The van der Waals surface area contributed by atoms with E-state index in [4.69, 9.17) is 9.84 Å². The summed E-state index contributed by atoms with van der Waals surface area (Å²) in [6.07, 6.45) is 1.81. The summed E-state index contributed by atoms with van der Waals surface area (Å²) in [7, 11) is 2.12. The molecule has 1 N–H and O–H groups in total. The van der Waals surface area contributed by atoms with Crippen molar-refractivity contribution in [2.45, 2.75) is 39.2 Å². The molecule has 19 heavy (non-hydrogen) atoms. The Hall–Kier alpha value is -1.06. The topological polar surface area (TPSA) is 32.7 Å². The summed E-state index contributed by atoms with van der Waals surface area (Å²) in [4.78, 5) is 2.31. The Morgan fingerprint density at radius 2 is 1.84 bits per heavy atom. The summed E-state index contributed by atoms with van der Waals surface area (Å²) in [6, 6.07) is 8.30. The lowest BCUT2D eigenvalue weighted by atomic mass is 9.98. The largest absolute Gasteiger partial charge is 0.494 e. The van der Waals surface area contributed by atoms with E-state index in [0.29, 0.717) is 6.61 Å². The van der Waals surface area contributed by atoms with Gasteiger partial charge in [0.05, 0.1) is 6.61 Å². The number of nitrogens with zero attached hydrogens (tertiary/aromatic N) is 1. The molecule has 0 heterocycles. The third-order valence-corrected chi connectivity index (χ3v) is 3.73. The maximum Gasteiger partial charge on any atom is 0.119 e. The fraction of sp³-hybridized carbons (Fsp3) is 0.625. The van der Waals surface area contributed by atoms with E-state index >= 15 is 0 Å². The van der Waals surface area contributed by atoms with Crippen LogP contribution in [0.15, 0.2) is 24.3 Å². The van der Waals surface area contributed by atoms with E-state index in [1.165, 1.54) is 5.56 Å². The Morgan fingerprint density at radius 1 is 1.21 bits per heavy atom. The van der Waals surface area contributed by atoms with Crippen LogP contribution in [0.2, 0.25) is 0 Å². The van der Waals surface area contributed by atoms with Gasteiger partial charge >= 0.3 is 0 Å². The van der Waals surface area contributed by atoms with Crippen molar-refractivity contribution in [1.29, 1.82) is 0 Å². The van der Waals surface area contributed by atoms with Crippen molar-refractivity contribution in [1.82, 2.24) is 4.90 Å². The number of hydrogen-bond donors (Lipinski definition) is 1. The van der Waals surface area contributed by atoms with Gasteiger partial charge in [0.1, 0.15) is 5.75 Å². The fourth-order valence-corrected chi connectivity index (χ4v) is 1.98. The quantitative estimate of drug-likeness (QED) is 0.784. The summed E-state index contributed by atoms with van der Waals surface area (Å²) in [5.74, 6) is 0.931. The molecular weight excluding hydrogens is 238 g/mol. The molecule has 0 aromatic heterocycles. The molecule has 0 unspecified atom stereocenters. The summed E-state index contributed by atoms with van der Waals surface area (Å²) in [5.41, 5.74) is 1.36. The summed E-state index contributed by atoms with van der Waals surface area (Å²) in [6.45, 7) is 8.26. The second kappa shape index (κ2) is 7.51. The van der Waals surface area contributed by atoms with Gasteiger partial charge in [-0.25, -0.2) is 0 Å². The maximum atomic E-state index is 9.08. The molecule has 0 saturated heterocycles. The zero-order chi connectivity index (χ0) is 14.3. The lowest BCUT2D eigenvalue weighted by molar-refractivity contribution is 0.118. The van der Waals surface area contributed by atoms with Gasteiger partial charge in [0.15, 0.2) is 0 Å². The van der Waals surface area contributed by atoms with Gasteiger partial charge in [-0.05, 0) is 58.4 Å². The smallest absolute Gasteiger partial charge is 0.119 e. The summed E-state index contributed by atoms with van der Waals surface area (Å²) >= 11 is 0. The normalized spacial score (nSPS) is 11.9. The number of ether oxygens (including phenoxy) is 1. The van der Waals surface area contributed by atoms with Gasteiger partial charge in [-0.3, -0.25) is 0 Å². The first kappa shape index (κ1) is 16.0. The molecule has 0 bridgehead atoms. The minimum absolute atomic E-state index is 0.0417. The van der Waals surface area contributed by atoms with E-state index in [0.717, 1.165) is 25.1 Å². The van der Waals surface area contributed by atoms with Gasteiger partial charge in [0.2, 0.25) is 0 Å². The number of hydrogen-bond acceptors (Lipinski definition) is 3. The van der Waals surface area contributed by atoms with Crippen molar-refractivity contribution >= 4 is 0 Å². The predicted octanol–water partition coefficient (Wildman–Crippen LogP) is 2.72. The first-order valence-corrected chi connectivity index (χ1v) is 7.03. The second-order valence-corrected chi connectivity index (χ2v) is 5.53. The predicted molar refractivity (Wildman–Crippen MR) is 79.7 cm³/mol. The molecule has 0 aliphatic carbocycles. The monoisotopic (exact) mass is 265 g/mol. The van der Waals surface area contributed by atoms with E-state index in [2.05, 4.69) is 37.9 Å². The van der Waals surface area contributed by atoms with Gasteiger partial charge in [-0.1, -0.05) is 12.1 Å². The Balaban J connectivity index is 2.47. The first-order chi connectivity index (χ1) is 8.99. The van der Waals surface area contributed by atoms with Gasteiger partial charge in [0, 0.05) is 18.7 Å². The number of aliphatic hydroxyl groups excluding tert-OH is 1. The molecular formula is C16H27NO2. The van der Waals surface area contributed by atoms with Crippen molar-refractivity contribution in [2.75, 3.05) is 26.8 Å². The SMILES string of the molecule is CCOc1ccc(CCN(C)C(C)(C)CCO)cc1. The van der Waals surface area contributed by atoms with Gasteiger partial charge < -0.3 is 14.7 Å². The third kappa shape index (κ3) is 5.21. The lowest BCUT2D eigenvalue weighted by Gasteiger charge is -2.35. The van der Waals surface area contributed by atoms with Crippen molar-refractivity contribution in [3.8, 4) is 5.75 Å². The van der Waals surface area contributed by atoms with Crippen LogP contribution >= 0.6 is 0 Å². The van der Waals surface area contributed by atoms with Crippen LogP contribution in [0.25, 0.3) is 0 Å².